The molecule has 0 aromatic heterocycles. The van der Waals surface area contributed by atoms with E-state index in [1.165, 1.54) is 12.8 Å². The van der Waals surface area contributed by atoms with Crippen molar-refractivity contribution in [1.29, 1.82) is 0 Å². The fourth-order valence-corrected chi connectivity index (χ4v) is 1.95. The molecule has 3 N–H and O–H groups in total. The molecule has 0 spiro atoms. The summed E-state index contributed by atoms with van der Waals surface area (Å²) in [7, 11) is 0. The molecule has 0 radical (unpaired) electrons. The molecule has 0 heterocycles. The van der Waals surface area contributed by atoms with Gasteiger partial charge in [0.15, 0.2) is 0 Å². The predicted octanol–water partition coefficient (Wildman–Crippen LogP) is 1.80. The average Bonchev–Trinajstić information content (AvgIpc) is 3.24. The number of hydrogen-bond acceptors (Lipinski definition) is 3. The topological polar surface area (TPSA) is 70.2 Å². The standard InChI is InChI=1S/C15H21N3O2.ClH/c1-2-17-15(20)12-5-3-4-6-13(12)18-14(19)10-16-9-11-7-8-11;/h3-6,11,16H,2,7-10H2,1H3,(H,17,20)(H,18,19);1H. The molecule has 1 aliphatic rings. The number of rotatable bonds is 7. The van der Waals surface area contributed by atoms with E-state index in [0.29, 0.717) is 17.8 Å². The van der Waals surface area contributed by atoms with Crippen LogP contribution >= 0.6 is 12.4 Å². The summed E-state index contributed by atoms with van der Waals surface area (Å²) in [6, 6.07) is 7.03. The van der Waals surface area contributed by atoms with Crippen molar-refractivity contribution in [3.8, 4) is 0 Å². The van der Waals surface area contributed by atoms with Gasteiger partial charge < -0.3 is 16.0 Å². The fraction of sp³-hybridized carbons (Fsp3) is 0.467. The molecule has 0 aliphatic heterocycles. The first-order valence-corrected chi connectivity index (χ1v) is 7.08. The number of carbonyl (C=O) groups is 2. The van der Waals surface area contributed by atoms with Gasteiger partial charge in [0.1, 0.15) is 0 Å². The Labute approximate surface area is 131 Å². The molecule has 2 rings (SSSR count). The van der Waals surface area contributed by atoms with Crippen LogP contribution in [0.15, 0.2) is 24.3 Å². The molecule has 0 saturated heterocycles. The molecule has 1 aliphatic carbocycles. The summed E-state index contributed by atoms with van der Waals surface area (Å²) >= 11 is 0. The van der Waals surface area contributed by atoms with Crippen LogP contribution in [0.2, 0.25) is 0 Å². The molecule has 1 fully saturated rings. The Morgan fingerprint density at radius 3 is 2.62 bits per heavy atom. The lowest BCUT2D eigenvalue weighted by molar-refractivity contribution is -0.115. The number of carbonyl (C=O) groups excluding carboxylic acids is 2. The number of para-hydroxylation sites is 1. The first-order chi connectivity index (χ1) is 9.70. The highest BCUT2D eigenvalue weighted by molar-refractivity contribution is 6.04. The Morgan fingerprint density at radius 1 is 1.24 bits per heavy atom. The van der Waals surface area contributed by atoms with E-state index in [1.807, 2.05) is 6.92 Å². The molecule has 2 amide bonds. The van der Waals surface area contributed by atoms with E-state index in [9.17, 15) is 9.59 Å². The summed E-state index contributed by atoms with van der Waals surface area (Å²) in [5.41, 5.74) is 1.04. The second kappa shape index (κ2) is 8.64. The average molecular weight is 312 g/mol. The van der Waals surface area contributed by atoms with E-state index in [2.05, 4.69) is 16.0 Å². The highest BCUT2D eigenvalue weighted by Gasteiger charge is 2.20. The minimum Gasteiger partial charge on any atom is -0.352 e. The largest absolute Gasteiger partial charge is 0.352 e. The van der Waals surface area contributed by atoms with Crippen LogP contribution in [0.4, 0.5) is 5.69 Å². The highest BCUT2D eigenvalue weighted by Crippen LogP contribution is 2.27. The summed E-state index contributed by atoms with van der Waals surface area (Å²) in [6.07, 6.45) is 2.52. The van der Waals surface area contributed by atoms with Gasteiger partial charge in [0.25, 0.3) is 5.91 Å². The van der Waals surface area contributed by atoms with Gasteiger partial charge in [-0.15, -0.1) is 12.4 Å². The van der Waals surface area contributed by atoms with Gasteiger partial charge in [-0.1, -0.05) is 12.1 Å². The maximum Gasteiger partial charge on any atom is 0.253 e. The molecule has 0 bridgehead atoms. The van der Waals surface area contributed by atoms with Crippen LogP contribution in [0.5, 0.6) is 0 Å². The first kappa shape index (κ1) is 17.5. The number of hydrogen-bond donors (Lipinski definition) is 3. The number of benzene rings is 1. The van der Waals surface area contributed by atoms with E-state index < -0.39 is 0 Å². The SMILES string of the molecule is CCNC(=O)c1ccccc1NC(=O)CNCC1CC1.Cl. The van der Waals surface area contributed by atoms with Crippen molar-refractivity contribution in [3.05, 3.63) is 29.8 Å². The summed E-state index contributed by atoms with van der Waals surface area (Å²) in [5.74, 6) is 0.446. The summed E-state index contributed by atoms with van der Waals surface area (Å²) in [4.78, 5) is 23.7. The predicted molar refractivity (Wildman–Crippen MR) is 85.9 cm³/mol. The van der Waals surface area contributed by atoms with Crippen molar-refractivity contribution in [3.63, 3.8) is 0 Å². The van der Waals surface area contributed by atoms with Gasteiger partial charge in [-0.2, -0.15) is 0 Å². The zero-order valence-electron chi connectivity index (χ0n) is 12.1. The number of halogens is 1. The molecular formula is C15H22ClN3O2. The maximum absolute atomic E-state index is 11.9. The maximum atomic E-state index is 11.9. The molecular weight excluding hydrogens is 290 g/mol. The second-order valence-electron chi connectivity index (χ2n) is 5.03. The molecule has 21 heavy (non-hydrogen) atoms. The van der Waals surface area contributed by atoms with Crippen LogP contribution in [0.3, 0.4) is 0 Å². The van der Waals surface area contributed by atoms with Gasteiger partial charge in [0, 0.05) is 6.54 Å². The molecule has 0 unspecified atom stereocenters. The number of anilines is 1. The van der Waals surface area contributed by atoms with E-state index >= 15 is 0 Å². The first-order valence-electron chi connectivity index (χ1n) is 7.08. The third-order valence-electron chi connectivity index (χ3n) is 3.20. The van der Waals surface area contributed by atoms with E-state index in [1.54, 1.807) is 24.3 Å². The normalized spacial score (nSPS) is 13.2. The Kier molecular flexibility index (Phi) is 7.19. The molecule has 0 atom stereocenters. The smallest absolute Gasteiger partial charge is 0.253 e. The number of amides is 2. The minimum absolute atomic E-state index is 0. The van der Waals surface area contributed by atoms with Crippen molar-refractivity contribution < 1.29 is 9.59 Å². The molecule has 1 saturated carbocycles. The number of nitrogens with one attached hydrogen (secondary N) is 3. The third kappa shape index (κ3) is 5.73. The Bertz CT molecular complexity index is 490. The van der Waals surface area contributed by atoms with Gasteiger partial charge in [-0.25, -0.2) is 0 Å². The van der Waals surface area contributed by atoms with Gasteiger partial charge in [-0.3, -0.25) is 9.59 Å². The van der Waals surface area contributed by atoms with E-state index in [0.717, 1.165) is 12.5 Å². The third-order valence-corrected chi connectivity index (χ3v) is 3.20. The van der Waals surface area contributed by atoms with Gasteiger partial charge >= 0.3 is 0 Å². The molecule has 1 aromatic rings. The molecule has 5 nitrogen and oxygen atoms in total. The van der Waals surface area contributed by atoms with Crippen LogP contribution in [-0.2, 0) is 4.79 Å². The Morgan fingerprint density at radius 2 is 1.95 bits per heavy atom. The van der Waals surface area contributed by atoms with Crippen molar-refractivity contribution in [2.75, 3.05) is 25.0 Å². The lowest BCUT2D eigenvalue weighted by Crippen LogP contribution is -2.30. The van der Waals surface area contributed by atoms with Crippen molar-refractivity contribution >= 4 is 29.9 Å². The monoisotopic (exact) mass is 311 g/mol. The van der Waals surface area contributed by atoms with Crippen LogP contribution in [0, 0.1) is 5.92 Å². The van der Waals surface area contributed by atoms with Crippen LogP contribution in [0.25, 0.3) is 0 Å². The fourth-order valence-electron chi connectivity index (χ4n) is 1.95. The summed E-state index contributed by atoms with van der Waals surface area (Å²) in [5, 5.41) is 8.65. The van der Waals surface area contributed by atoms with Crippen LogP contribution in [0.1, 0.15) is 30.1 Å². The quantitative estimate of drug-likeness (QED) is 0.719. The van der Waals surface area contributed by atoms with Gasteiger partial charge in [-0.05, 0) is 44.4 Å². The zero-order valence-corrected chi connectivity index (χ0v) is 13.0. The summed E-state index contributed by atoms with van der Waals surface area (Å²) < 4.78 is 0. The zero-order chi connectivity index (χ0) is 14.4. The second-order valence-corrected chi connectivity index (χ2v) is 5.03. The molecule has 116 valence electrons. The van der Waals surface area contributed by atoms with Crippen LogP contribution in [-0.4, -0.2) is 31.4 Å². The van der Waals surface area contributed by atoms with Crippen molar-refractivity contribution in [2.45, 2.75) is 19.8 Å². The lowest BCUT2D eigenvalue weighted by atomic mass is 10.1. The van der Waals surface area contributed by atoms with Gasteiger partial charge in [0.2, 0.25) is 5.91 Å². The minimum atomic E-state index is -0.172. The Balaban J connectivity index is 0.00000220. The van der Waals surface area contributed by atoms with Crippen molar-refractivity contribution in [2.24, 2.45) is 5.92 Å². The molecule has 6 heteroatoms. The lowest BCUT2D eigenvalue weighted by Gasteiger charge is -2.11. The van der Waals surface area contributed by atoms with Crippen molar-refractivity contribution in [1.82, 2.24) is 10.6 Å². The summed E-state index contributed by atoms with van der Waals surface area (Å²) in [6.45, 7) is 3.59. The van der Waals surface area contributed by atoms with E-state index in [4.69, 9.17) is 0 Å². The molecule has 1 aromatic carbocycles. The van der Waals surface area contributed by atoms with Crippen LogP contribution < -0.4 is 16.0 Å². The van der Waals surface area contributed by atoms with E-state index in [-0.39, 0.29) is 30.8 Å². The highest BCUT2D eigenvalue weighted by atomic mass is 35.5. The Hall–Kier alpha value is -1.59. The van der Waals surface area contributed by atoms with Gasteiger partial charge in [0.05, 0.1) is 17.8 Å².